The summed E-state index contributed by atoms with van der Waals surface area (Å²) in [5, 5.41) is 0.192. The van der Waals surface area contributed by atoms with E-state index in [1.165, 1.54) is 34.9 Å². The molecule has 0 spiro atoms. The summed E-state index contributed by atoms with van der Waals surface area (Å²) in [6.07, 6.45) is -4.81. The Kier molecular flexibility index (Phi) is 5.41. The molecule has 2 unspecified atom stereocenters. The van der Waals surface area contributed by atoms with E-state index in [4.69, 9.17) is 11.6 Å². The number of hydrogen-bond donors (Lipinski definition) is 0. The van der Waals surface area contributed by atoms with Gasteiger partial charge in [0, 0.05) is 23.5 Å². The Bertz CT molecular complexity index is 624. The molecule has 1 heterocycles. The van der Waals surface area contributed by atoms with Crippen molar-refractivity contribution in [3.05, 3.63) is 24.3 Å². The topological polar surface area (TPSA) is 41.9 Å². The highest BCUT2D eigenvalue weighted by Crippen LogP contribution is 2.33. The van der Waals surface area contributed by atoms with Crippen LogP contribution in [0, 0.1) is 0 Å². The number of thioether (sulfide) groups is 1. The molecular weight excluding hydrogens is 360 g/mol. The van der Waals surface area contributed by atoms with E-state index in [0.717, 1.165) is 6.07 Å². The van der Waals surface area contributed by atoms with Gasteiger partial charge in [-0.05, 0) is 12.1 Å². The van der Waals surface area contributed by atoms with Crippen LogP contribution in [-0.2, 0) is 4.79 Å². The molecule has 2 rings (SSSR count). The molecule has 1 saturated heterocycles. The van der Waals surface area contributed by atoms with E-state index >= 15 is 0 Å². The molecule has 1 aromatic rings. The molecule has 1 aliphatic rings. The summed E-state index contributed by atoms with van der Waals surface area (Å²) < 4.78 is 53.5. The first-order chi connectivity index (χ1) is 10.7. The highest BCUT2D eigenvalue weighted by atomic mass is 35.5. The predicted molar refractivity (Wildman–Crippen MR) is 80.7 cm³/mol. The lowest BCUT2D eigenvalue weighted by molar-refractivity contribution is -0.274. The lowest BCUT2D eigenvalue weighted by Crippen LogP contribution is -2.26. The van der Waals surface area contributed by atoms with Crippen LogP contribution in [0.25, 0.3) is 0 Å². The second kappa shape index (κ2) is 6.96. The largest absolute Gasteiger partial charge is 0.573 e. The zero-order valence-corrected chi connectivity index (χ0v) is 13.3. The molecule has 1 aliphatic heterocycles. The Hall–Kier alpha value is -1.48. The highest BCUT2D eigenvalue weighted by Gasteiger charge is 2.32. The van der Waals surface area contributed by atoms with E-state index in [1.807, 2.05) is 6.92 Å². The van der Waals surface area contributed by atoms with Crippen LogP contribution in [0.4, 0.5) is 23.2 Å². The van der Waals surface area contributed by atoms with Crippen molar-refractivity contribution in [3.63, 3.8) is 0 Å². The fourth-order valence-corrected chi connectivity index (χ4v) is 2.99. The molecular formula is C13H11ClF4N2O2S. The van der Waals surface area contributed by atoms with Crippen LogP contribution in [0.5, 0.6) is 5.75 Å². The minimum Gasteiger partial charge on any atom is -0.406 e. The standard InChI is InChI=1S/C13H11ClF4N2O2S/c1-7-6-20(12(23-7)19-11(21)10(14)15)8-3-2-4-9(5-8)22-13(16,17)18/h2-5,7,10H,6H2,1H3. The minimum atomic E-state index is -4.81. The molecule has 1 fully saturated rings. The number of alkyl halides is 5. The van der Waals surface area contributed by atoms with Crippen LogP contribution in [-0.4, -0.2) is 34.9 Å². The van der Waals surface area contributed by atoms with Crippen molar-refractivity contribution in [2.45, 2.75) is 24.2 Å². The third kappa shape index (κ3) is 5.00. The van der Waals surface area contributed by atoms with Crippen molar-refractivity contribution in [3.8, 4) is 5.75 Å². The van der Waals surface area contributed by atoms with E-state index in [1.54, 1.807) is 0 Å². The Morgan fingerprint density at radius 2 is 2.22 bits per heavy atom. The molecule has 1 amide bonds. The van der Waals surface area contributed by atoms with Crippen LogP contribution >= 0.6 is 23.4 Å². The molecule has 4 nitrogen and oxygen atoms in total. The number of carbonyl (C=O) groups is 1. The third-order valence-corrected chi connectivity index (χ3v) is 3.99. The Morgan fingerprint density at radius 1 is 1.52 bits per heavy atom. The van der Waals surface area contributed by atoms with Gasteiger partial charge in [-0.25, -0.2) is 4.39 Å². The van der Waals surface area contributed by atoms with Crippen molar-refractivity contribution < 1.29 is 27.1 Å². The zero-order chi connectivity index (χ0) is 17.2. The number of nitrogens with zero attached hydrogens (tertiary/aromatic N) is 2. The van der Waals surface area contributed by atoms with Gasteiger partial charge in [-0.1, -0.05) is 36.4 Å². The number of aliphatic imine (C=N–C) groups is 1. The lowest BCUT2D eigenvalue weighted by Gasteiger charge is -2.19. The van der Waals surface area contributed by atoms with Crippen LogP contribution < -0.4 is 9.64 Å². The number of benzene rings is 1. The van der Waals surface area contributed by atoms with E-state index in [-0.39, 0.29) is 10.4 Å². The maximum absolute atomic E-state index is 12.8. The van der Waals surface area contributed by atoms with Gasteiger partial charge in [0.05, 0.1) is 0 Å². The van der Waals surface area contributed by atoms with Crippen molar-refractivity contribution >= 4 is 40.1 Å². The van der Waals surface area contributed by atoms with Crippen LogP contribution in [0.1, 0.15) is 6.92 Å². The molecule has 0 saturated carbocycles. The minimum absolute atomic E-state index is 0.0159. The number of amides is 1. The molecule has 2 atom stereocenters. The first-order valence-electron chi connectivity index (χ1n) is 6.36. The molecule has 0 bridgehead atoms. The van der Waals surface area contributed by atoms with Gasteiger partial charge < -0.3 is 9.64 Å². The quantitative estimate of drug-likeness (QED) is 0.597. The van der Waals surface area contributed by atoms with Crippen molar-refractivity contribution in [1.82, 2.24) is 0 Å². The van der Waals surface area contributed by atoms with Gasteiger partial charge in [0.2, 0.25) is 0 Å². The molecule has 0 aromatic heterocycles. The third-order valence-electron chi connectivity index (χ3n) is 2.73. The zero-order valence-electron chi connectivity index (χ0n) is 11.7. The summed E-state index contributed by atoms with van der Waals surface area (Å²) in [6.45, 7) is 2.24. The van der Waals surface area contributed by atoms with Gasteiger partial charge in [-0.3, -0.25) is 4.79 Å². The van der Waals surface area contributed by atoms with E-state index in [2.05, 4.69) is 9.73 Å². The Labute approximate surface area is 138 Å². The molecule has 10 heteroatoms. The fraction of sp³-hybridized carbons (Fsp3) is 0.385. The van der Waals surface area contributed by atoms with E-state index < -0.39 is 23.6 Å². The first kappa shape index (κ1) is 17.9. The van der Waals surface area contributed by atoms with Gasteiger partial charge in [-0.2, -0.15) is 4.99 Å². The van der Waals surface area contributed by atoms with Crippen molar-refractivity contribution in [2.75, 3.05) is 11.4 Å². The molecule has 0 N–H and O–H groups in total. The van der Waals surface area contributed by atoms with Gasteiger partial charge >= 0.3 is 6.36 Å². The van der Waals surface area contributed by atoms with E-state index in [9.17, 15) is 22.4 Å². The Morgan fingerprint density at radius 3 is 2.83 bits per heavy atom. The number of amidine groups is 1. The molecule has 126 valence electrons. The van der Waals surface area contributed by atoms with Crippen molar-refractivity contribution in [2.24, 2.45) is 4.99 Å². The summed E-state index contributed by atoms with van der Waals surface area (Å²) in [6, 6.07) is 5.24. The van der Waals surface area contributed by atoms with Crippen molar-refractivity contribution in [1.29, 1.82) is 0 Å². The molecule has 23 heavy (non-hydrogen) atoms. The fourth-order valence-electron chi connectivity index (χ4n) is 1.91. The SMILES string of the molecule is CC1CN(c2cccc(OC(F)(F)F)c2)C(=NC(=O)C(F)Cl)S1. The summed E-state index contributed by atoms with van der Waals surface area (Å²) >= 11 is 6.24. The molecule has 1 aromatic carbocycles. The van der Waals surface area contributed by atoms with Crippen LogP contribution in [0.3, 0.4) is 0 Å². The van der Waals surface area contributed by atoms with Gasteiger partial charge in [-0.15, -0.1) is 13.2 Å². The Balaban J connectivity index is 2.28. The van der Waals surface area contributed by atoms with Gasteiger partial charge in [0.15, 0.2) is 5.17 Å². The first-order valence-corrected chi connectivity index (χ1v) is 7.68. The number of carbonyl (C=O) groups excluding carboxylic acids is 1. The average Bonchev–Trinajstić information content (AvgIpc) is 2.77. The highest BCUT2D eigenvalue weighted by molar-refractivity contribution is 8.15. The second-order valence-electron chi connectivity index (χ2n) is 4.62. The number of halogens is 5. The predicted octanol–water partition coefficient (Wildman–Crippen LogP) is 3.94. The average molecular weight is 371 g/mol. The monoisotopic (exact) mass is 370 g/mol. The lowest BCUT2D eigenvalue weighted by atomic mass is 10.2. The van der Waals surface area contributed by atoms with Crippen LogP contribution in [0.2, 0.25) is 0 Å². The molecule has 0 aliphatic carbocycles. The molecule has 0 radical (unpaired) electrons. The van der Waals surface area contributed by atoms with E-state index in [0.29, 0.717) is 12.2 Å². The number of anilines is 1. The number of rotatable bonds is 3. The summed E-state index contributed by atoms with van der Waals surface area (Å²) in [5.74, 6) is -1.55. The van der Waals surface area contributed by atoms with Gasteiger partial charge in [0.1, 0.15) is 5.75 Å². The smallest absolute Gasteiger partial charge is 0.406 e. The number of ether oxygens (including phenoxy) is 1. The summed E-state index contributed by atoms with van der Waals surface area (Å²) in [5.41, 5.74) is -1.92. The maximum atomic E-state index is 12.8. The normalized spacial score (nSPS) is 21.6. The summed E-state index contributed by atoms with van der Waals surface area (Å²) in [7, 11) is 0. The van der Waals surface area contributed by atoms with Crippen LogP contribution in [0.15, 0.2) is 29.3 Å². The summed E-state index contributed by atoms with van der Waals surface area (Å²) in [4.78, 5) is 16.4. The number of hydrogen-bond acceptors (Lipinski definition) is 3. The maximum Gasteiger partial charge on any atom is 0.573 e. The van der Waals surface area contributed by atoms with Gasteiger partial charge in [0.25, 0.3) is 11.5 Å². The second-order valence-corrected chi connectivity index (χ2v) is 6.41.